The predicted molar refractivity (Wildman–Crippen MR) is 80.2 cm³/mol. The quantitative estimate of drug-likeness (QED) is 0.896. The summed E-state index contributed by atoms with van der Waals surface area (Å²) >= 11 is 1.94. The van der Waals surface area contributed by atoms with Gasteiger partial charge in [0, 0.05) is 32.1 Å². The first-order valence-corrected chi connectivity index (χ1v) is 8.23. The zero-order valence-corrected chi connectivity index (χ0v) is 12.6. The van der Waals surface area contributed by atoms with Crippen molar-refractivity contribution in [2.24, 2.45) is 0 Å². The van der Waals surface area contributed by atoms with Crippen LogP contribution < -0.4 is 10.2 Å². The molecule has 0 bridgehead atoms. The molecule has 1 N–H and O–H groups in total. The molecule has 4 nitrogen and oxygen atoms in total. The molecule has 0 spiro atoms. The fourth-order valence-corrected chi connectivity index (χ4v) is 3.69. The normalized spacial score (nSPS) is 19.6. The van der Waals surface area contributed by atoms with Crippen molar-refractivity contribution in [3.8, 4) is 0 Å². The molecule has 2 aliphatic heterocycles. The van der Waals surface area contributed by atoms with E-state index in [1.54, 1.807) is 0 Å². The van der Waals surface area contributed by atoms with Gasteiger partial charge in [0.15, 0.2) is 0 Å². The highest BCUT2D eigenvalue weighted by atomic mass is 32.2. The third-order valence-corrected chi connectivity index (χ3v) is 4.87. The zero-order valence-electron chi connectivity index (χ0n) is 11.8. The number of fused-ring (bicyclic) bond motifs is 1. The Morgan fingerprint density at radius 1 is 1.21 bits per heavy atom. The van der Waals surface area contributed by atoms with Gasteiger partial charge in [-0.3, -0.25) is 0 Å². The van der Waals surface area contributed by atoms with E-state index in [2.05, 4.69) is 24.1 Å². The van der Waals surface area contributed by atoms with Gasteiger partial charge < -0.3 is 10.2 Å². The molecule has 104 valence electrons. The van der Waals surface area contributed by atoms with Crippen LogP contribution in [-0.2, 0) is 6.42 Å². The zero-order chi connectivity index (χ0) is 13.2. The molecule has 0 aliphatic carbocycles. The minimum Gasteiger partial charge on any atom is -0.353 e. The van der Waals surface area contributed by atoms with Crippen molar-refractivity contribution in [3.05, 3.63) is 11.5 Å². The number of nitrogens with zero attached hydrogens (tertiary/aromatic N) is 3. The first kappa shape index (κ1) is 13.2. The third kappa shape index (κ3) is 2.72. The molecule has 19 heavy (non-hydrogen) atoms. The van der Waals surface area contributed by atoms with Gasteiger partial charge in [-0.2, -0.15) is 0 Å². The lowest BCUT2D eigenvalue weighted by Crippen LogP contribution is -2.44. The smallest absolute Gasteiger partial charge is 0.146 e. The van der Waals surface area contributed by atoms with Crippen molar-refractivity contribution in [2.45, 2.75) is 37.5 Å². The third-order valence-electron chi connectivity index (χ3n) is 3.67. The van der Waals surface area contributed by atoms with Crippen molar-refractivity contribution in [1.29, 1.82) is 0 Å². The van der Waals surface area contributed by atoms with Crippen molar-refractivity contribution in [1.82, 2.24) is 15.3 Å². The summed E-state index contributed by atoms with van der Waals surface area (Å²) in [5.74, 6) is 3.81. The second-order valence-corrected chi connectivity index (χ2v) is 6.63. The van der Waals surface area contributed by atoms with Crippen LogP contribution in [-0.4, -0.2) is 41.9 Å². The molecule has 0 atom stereocenters. The Kier molecular flexibility index (Phi) is 3.93. The van der Waals surface area contributed by atoms with Crippen LogP contribution in [0.1, 0.15) is 37.7 Å². The molecule has 1 aromatic heterocycles. The Morgan fingerprint density at radius 2 is 2.00 bits per heavy atom. The number of nitrogens with one attached hydrogen (secondary N) is 1. The maximum absolute atomic E-state index is 4.88. The molecule has 2 aliphatic rings. The van der Waals surface area contributed by atoms with Gasteiger partial charge in [-0.25, -0.2) is 9.97 Å². The Morgan fingerprint density at radius 3 is 2.74 bits per heavy atom. The van der Waals surface area contributed by atoms with Crippen LogP contribution in [0.25, 0.3) is 0 Å². The van der Waals surface area contributed by atoms with Gasteiger partial charge in [0.1, 0.15) is 11.6 Å². The highest BCUT2D eigenvalue weighted by Gasteiger charge is 2.23. The predicted octanol–water partition coefficient (Wildman–Crippen LogP) is 2.05. The Bertz CT molecular complexity index is 455. The lowest BCUT2D eigenvalue weighted by atomic mass is 10.1. The molecular formula is C14H22N4S. The van der Waals surface area contributed by atoms with Gasteiger partial charge in [-0.15, -0.1) is 11.8 Å². The average molecular weight is 278 g/mol. The van der Waals surface area contributed by atoms with E-state index in [0.717, 1.165) is 38.4 Å². The van der Waals surface area contributed by atoms with Crippen molar-refractivity contribution >= 4 is 17.6 Å². The number of piperazine rings is 1. The number of thioether (sulfide) groups is 1. The molecular weight excluding hydrogens is 256 g/mol. The van der Waals surface area contributed by atoms with Gasteiger partial charge in [0.2, 0.25) is 0 Å². The molecule has 0 unspecified atom stereocenters. The molecule has 3 rings (SSSR count). The highest BCUT2D eigenvalue weighted by Crippen LogP contribution is 2.36. The summed E-state index contributed by atoms with van der Waals surface area (Å²) in [6, 6.07) is 0. The molecule has 0 radical (unpaired) electrons. The molecule has 0 amide bonds. The number of rotatable bonds is 2. The van der Waals surface area contributed by atoms with E-state index in [0.29, 0.717) is 5.92 Å². The fourth-order valence-electron chi connectivity index (χ4n) is 2.58. The number of aryl methyl sites for hydroxylation is 1. The Labute approximate surface area is 119 Å². The van der Waals surface area contributed by atoms with E-state index in [1.165, 1.54) is 28.6 Å². The van der Waals surface area contributed by atoms with Crippen molar-refractivity contribution < 1.29 is 0 Å². The van der Waals surface area contributed by atoms with Crippen LogP contribution in [0.2, 0.25) is 0 Å². The van der Waals surface area contributed by atoms with E-state index in [4.69, 9.17) is 9.97 Å². The number of aromatic nitrogens is 2. The molecule has 1 saturated heterocycles. The van der Waals surface area contributed by atoms with E-state index < -0.39 is 0 Å². The topological polar surface area (TPSA) is 41.1 Å². The van der Waals surface area contributed by atoms with Gasteiger partial charge in [-0.1, -0.05) is 13.8 Å². The molecule has 0 saturated carbocycles. The summed E-state index contributed by atoms with van der Waals surface area (Å²) in [5, 5.41) is 3.41. The second-order valence-electron chi connectivity index (χ2n) is 5.52. The van der Waals surface area contributed by atoms with Crippen LogP contribution in [0.15, 0.2) is 4.90 Å². The summed E-state index contributed by atoms with van der Waals surface area (Å²) in [5.41, 5.74) is 1.28. The number of hydrogen-bond donors (Lipinski definition) is 1. The van der Waals surface area contributed by atoms with Crippen LogP contribution in [0.3, 0.4) is 0 Å². The lowest BCUT2D eigenvalue weighted by molar-refractivity contribution is 0.576. The van der Waals surface area contributed by atoms with Gasteiger partial charge in [0.25, 0.3) is 0 Å². The first-order valence-electron chi connectivity index (χ1n) is 7.25. The molecule has 1 aromatic rings. The van der Waals surface area contributed by atoms with E-state index in [1.807, 2.05) is 11.8 Å². The number of anilines is 1. The van der Waals surface area contributed by atoms with Crippen LogP contribution in [0, 0.1) is 0 Å². The molecule has 0 aromatic carbocycles. The largest absolute Gasteiger partial charge is 0.353 e. The minimum atomic E-state index is 0.402. The summed E-state index contributed by atoms with van der Waals surface area (Å²) in [7, 11) is 0. The maximum Gasteiger partial charge on any atom is 0.146 e. The Balaban J connectivity index is 2.01. The first-order chi connectivity index (χ1) is 9.25. The summed E-state index contributed by atoms with van der Waals surface area (Å²) in [6.07, 6.45) is 2.36. The monoisotopic (exact) mass is 278 g/mol. The van der Waals surface area contributed by atoms with Crippen molar-refractivity contribution in [3.63, 3.8) is 0 Å². The molecule has 5 heteroatoms. The average Bonchev–Trinajstić information content (AvgIpc) is 2.47. The minimum absolute atomic E-state index is 0.402. The standard InChI is InChI=1S/C14H22N4S/c1-10(2)13-16-11-4-3-9-19-12(11)14(17-13)18-7-5-15-6-8-18/h10,15H,3-9H2,1-2H3. The lowest BCUT2D eigenvalue weighted by Gasteiger charge is -2.31. The van der Waals surface area contributed by atoms with Crippen LogP contribution in [0.4, 0.5) is 5.82 Å². The van der Waals surface area contributed by atoms with E-state index in [-0.39, 0.29) is 0 Å². The molecule has 3 heterocycles. The van der Waals surface area contributed by atoms with Crippen LogP contribution >= 0.6 is 11.8 Å². The van der Waals surface area contributed by atoms with E-state index in [9.17, 15) is 0 Å². The van der Waals surface area contributed by atoms with Gasteiger partial charge >= 0.3 is 0 Å². The fraction of sp³-hybridized carbons (Fsp3) is 0.714. The summed E-state index contributed by atoms with van der Waals surface area (Å²) < 4.78 is 0. The summed E-state index contributed by atoms with van der Waals surface area (Å²) in [6.45, 7) is 8.59. The maximum atomic E-state index is 4.88. The second kappa shape index (κ2) is 5.67. The number of hydrogen-bond acceptors (Lipinski definition) is 5. The van der Waals surface area contributed by atoms with Gasteiger partial charge in [-0.05, 0) is 18.6 Å². The SMILES string of the molecule is CC(C)c1nc2c(c(N3CCNCC3)n1)SCCC2. The van der Waals surface area contributed by atoms with Crippen molar-refractivity contribution in [2.75, 3.05) is 36.8 Å². The van der Waals surface area contributed by atoms with E-state index >= 15 is 0 Å². The molecule has 1 fully saturated rings. The van der Waals surface area contributed by atoms with Crippen LogP contribution in [0.5, 0.6) is 0 Å². The van der Waals surface area contributed by atoms with Gasteiger partial charge in [0.05, 0.1) is 10.6 Å². The highest BCUT2D eigenvalue weighted by molar-refractivity contribution is 7.99. The summed E-state index contributed by atoms with van der Waals surface area (Å²) in [4.78, 5) is 13.4. The Hall–Kier alpha value is -0.810.